The molecule has 1 aromatic carbocycles. The molecule has 98 valence electrons. The van der Waals surface area contributed by atoms with Crippen LogP contribution in [0.3, 0.4) is 0 Å². The number of nitrogen functional groups attached to an aromatic ring is 1. The summed E-state index contributed by atoms with van der Waals surface area (Å²) in [6.07, 6.45) is 1.66. The van der Waals surface area contributed by atoms with Crippen LogP contribution >= 0.6 is 0 Å². The highest BCUT2D eigenvalue weighted by Gasteiger charge is 2.14. The van der Waals surface area contributed by atoms with Gasteiger partial charge in [-0.05, 0) is 37.3 Å². The Balaban J connectivity index is 2.13. The monoisotopic (exact) mass is 259 g/mol. The summed E-state index contributed by atoms with van der Waals surface area (Å²) >= 11 is 0. The Hall–Kier alpha value is -2.43. The number of halogens is 1. The molecule has 0 radical (unpaired) electrons. The number of nitrogens with one attached hydrogen (secondary N) is 1. The quantitative estimate of drug-likeness (QED) is 0.831. The molecule has 1 aromatic heterocycles. The molecular formula is C14H14FN3O. The number of hydrogen-bond acceptors (Lipinski definition) is 3. The van der Waals surface area contributed by atoms with E-state index in [4.69, 9.17) is 5.73 Å². The second-order valence-electron chi connectivity index (χ2n) is 4.18. The van der Waals surface area contributed by atoms with Crippen molar-refractivity contribution in [2.75, 3.05) is 5.73 Å². The number of pyridine rings is 1. The van der Waals surface area contributed by atoms with E-state index in [1.54, 1.807) is 12.3 Å². The van der Waals surface area contributed by atoms with E-state index in [1.165, 1.54) is 12.1 Å². The Morgan fingerprint density at radius 3 is 2.79 bits per heavy atom. The van der Waals surface area contributed by atoms with E-state index in [1.807, 2.05) is 19.1 Å². The predicted octanol–water partition coefficient (Wildman–Crippen LogP) is 2.29. The van der Waals surface area contributed by atoms with Crippen LogP contribution in [-0.4, -0.2) is 10.9 Å². The number of hydrogen-bond donors (Lipinski definition) is 2. The van der Waals surface area contributed by atoms with E-state index in [9.17, 15) is 9.18 Å². The third-order valence-electron chi connectivity index (χ3n) is 2.74. The number of nitrogens with zero attached hydrogens (tertiary/aromatic N) is 1. The van der Waals surface area contributed by atoms with Crippen LogP contribution in [0.4, 0.5) is 10.1 Å². The van der Waals surface area contributed by atoms with Crippen molar-refractivity contribution in [2.24, 2.45) is 0 Å². The van der Waals surface area contributed by atoms with Crippen LogP contribution < -0.4 is 11.1 Å². The molecule has 0 aliphatic carbocycles. The molecule has 0 saturated carbocycles. The van der Waals surface area contributed by atoms with Gasteiger partial charge in [0.05, 0.1) is 17.3 Å². The Bertz CT molecular complexity index is 586. The molecule has 4 nitrogen and oxygen atoms in total. The average molecular weight is 259 g/mol. The normalized spacial score (nSPS) is 11.9. The van der Waals surface area contributed by atoms with Crippen LogP contribution in [0.25, 0.3) is 0 Å². The molecule has 3 N–H and O–H groups in total. The van der Waals surface area contributed by atoms with Gasteiger partial charge in [-0.2, -0.15) is 0 Å². The fraction of sp³-hybridized carbons (Fsp3) is 0.143. The standard InChI is InChI=1S/C14H14FN3O/c1-9(13-4-2-3-7-17-13)18-14(19)11-6-5-10(15)8-12(11)16/h2-9H,16H2,1H3,(H,18,19)/t9-/m1/s1. The van der Waals surface area contributed by atoms with Gasteiger partial charge in [-0.3, -0.25) is 9.78 Å². The van der Waals surface area contributed by atoms with E-state index >= 15 is 0 Å². The van der Waals surface area contributed by atoms with E-state index < -0.39 is 5.82 Å². The van der Waals surface area contributed by atoms with Crippen LogP contribution in [0, 0.1) is 5.82 Å². The zero-order chi connectivity index (χ0) is 13.8. The number of carbonyl (C=O) groups excluding carboxylic acids is 1. The maximum atomic E-state index is 12.9. The van der Waals surface area contributed by atoms with Gasteiger partial charge < -0.3 is 11.1 Å². The summed E-state index contributed by atoms with van der Waals surface area (Å²) in [5.74, 6) is -0.817. The molecule has 0 bridgehead atoms. The SMILES string of the molecule is C[C@@H](NC(=O)c1ccc(F)cc1N)c1ccccn1. The summed E-state index contributed by atoms with van der Waals surface area (Å²) in [4.78, 5) is 16.2. The molecule has 0 spiro atoms. The third kappa shape index (κ3) is 3.07. The van der Waals surface area contributed by atoms with Crippen molar-refractivity contribution >= 4 is 11.6 Å². The van der Waals surface area contributed by atoms with Crippen molar-refractivity contribution in [1.29, 1.82) is 0 Å². The van der Waals surface area contributed by atoms with Gasteiger partial charge in [-0.15, -0.1) is 0 Å². The third-order valence-corrected chi connectivity index (χ3v) is 2.74. The second-order valence-corrected chi connectivity index (χ2v) is 4.18. The van der Waals surface area contributed by atoms with Crippen molar-refractivity contribution < 1.29 is 9.18 Å². The summed E-state index contributed by atoms with van der Waals surface area (Å²) < 4.78 is 12.9. The first-order chi connectivity index (χ1) is 9.08. The molecule has 2 rings (SSSR count). The van der Waals surface area contributed by atoms with E-state index in [0.717, 1.165) is 11.8 Å². The number of rotatable bonds is 3. The van der Waals surface area contributed by atoms with Crippen LogP contribution in [0.2, 0.25) is 0 Å². The molecule has 0 saturated heterocycles. The Morgan fingerprint density at radius 2 is 2.16 bits per heavy atom. The largest absolute Gasteiger partial charge is 0.398 e. The van der Waals surface area contributed by atoms with Gasteiger partial charge in [0, 0.05) is 11.9 Å². The summed E-state index contributed by atoms with van der Waals surface area (Å²) in [6.45, 7) is 1.82. The lowest BCUT2D eigenvalue weighted by molar-refractivity contribution is 0.0940. The molecule has 0 aliphatic heterocycles. The topological polar surface area (TPSA) is 68.0 Å². The lowest BCUT2D eigenvalue weighted by atomic mass is 10.1. The highest BCUT2D eigenvalue weighted by atomic mass is 19.1. The summed E-state index contributed by atoms with van der Waals surface area (Å²) in [6, 6.07) is 8.91. The van der Waals surface area contributed by atoms with Crippen LogP contribution in [0.5, 0.6) is 0 Å². The Labute approximate surface area is 110 Å². The van der Waals surface area contributed by atoms with Crippen molar-refractivity contribution in [3.8, 4) is 0 Å². The lowest BCUT2D eigenvalue weighted by Gasteiger charge is -2.14. The van der Waals surface area contributed by atoms with Gasteiger partial charge in [-0.1, -0.05) is 6.07 Å². The minimum atomic E-state index is -0.466. The number of amides is 1. The number of aromatic nitrogens is 1. The fourth-order valence-corrected chi connectivity index (χ4v) is 1.72. The lowest BCUT2D eigenvalue weighted by Crippen LogP contribution is -2.27. The van der Waals surface area contributed by atoms with E-state index in [0.29, 0.717) is 0 Å². The first kappa shape index (κ1) is 13.0. The number of benzene rings is 1. The molecule has 19 heavy (non-hydrogen) atoms. The number of nitrogens with two attached hydrogens (primary N) is 1. The first-order valence-corrected chi connectivity index (χ1v) is 5.84. The first-order valence-electron chi connectivity index (χ1n) is 5.84. The van der Waals surface area contributed by atoms with E-state index in [2.05, 4.69) is 10.3 Å². The molecule has 2 aromatic rings. The average Bonchev–Trinajstić information content (AvgIpc) is 2.39. The second kappa shape index (κ2) is 5.48. The van der Waals surface area contributed by atoms with Crippen LogP contribution in [-0.2, 0) is 0 Å². The summed E-state index contributed by atoms with van der Waals surface area (Å²) in [7, 11) is 0. The van der Waals surface area contributed by atoms with Crippen LogP contribution in [0.1, 0.15) is 29.0 Å². The predicted molar refractivity (Wildman–Crippen MR) is 70.9 cm³/mol. The molecular weight excluding hydrogens is 245 g/mol. The minimum Gasteiger partial charge on any atom is -0.398 e. The van der Waals surface area contributed by atoms with Gasteiger partial charge in [0.2, 0.25) is 0 Å². The molecule has 1 atom stereocenters. The van der Waals surface area contributed by atoms with Gasteiger partial charge >= 0.3 is 0 Å². The van der Waals surface area contributed by atoms with Crippen molar-refractivity contribution in [1.82, 2.24) is 10.3 Å². The van der Waals surface area contributed by atoms with Gasteiger partial charge in [-0.25, -0.2) is 4.39 Å². The smallest absolute Gasteiger partial charge is 0.253 e. The molecule has 1 amide bonds. The molecule has 5 heteroatoms. The van der Waals surface area contributed by atoms with Gasteiger partial charge in [0.1, 0.15) is 5.82 Å². The van der Waals surface area contributed by atoms with E-state index in [-0.39, 0.29) is 23.2 Å². The number of carbonyl (C=O) groups is 1. The van der Waals surface area contributed by atoms with Gasteiger partial charge in [0.25, 0.3) is 5.91 Å². The van der Waals surface area contributed by atoms with Crippen LogP contribution in [0.15, 0.2) is 42.6 Å². The van der Waals surface area contributed by atoms with Crippen molar-refractivity contribution in [3.63, 3.8) is 0 Å². The Morgan fingerprint density at radius 1 is 1.37 bits per heavy atom. The maximum absolute atomic E-state index is 12.9. The highest BCUT2D eigenvalue weighted by molar-refractivity contribution is 5.99. The van der Waals surface area contributed by atoms with Gasteiger partial charge in [0.15, 0.2) is 0 Å². The highest BCUT2D eigenvalue weighted by Crippen LogP contribution is 2.15. The Kier molecular flexibility index (Phi) is 3.75. The minimum absolute atomic E-state index is 0.116. The molecule has 0 fully saturated rings. The van der Waals surface area contributed by atoms with Crippen molar-refractivity contribution in [2.45, 2.75) is 13.0 Å². The zero-order valence-corrected chi connectivity index (χ0v) is 10.4. The molecule has 0 unspecified atom stereocenters. The maximum Gasteiger partial charge on any atom is 0.253 e. The molecule has 1 heterocycles. The fourth-order valence-electron chi connectivity index (χ4n) is 1.72. The molecule has 0 aliphatic rings. The van der Waals surface area contributed by atoms with Crippen molar-refractivity contribution in [3.05, 3.63) is 59.7 Å². The summed E-state index contributed by atoms with van der Waals surface area (Å²) in [5, 5.41) is 2.77. The number of anilines is 1. The summed E-state index contributed by atoms with van der Waals surface area (Å²) in [5.41, 5.74) is 6.74. The zero-order valence-electron chi connectivity index (χ0n) is 10.4.